The van der Waals surface area contributed by atoms with Crippen LogP contribution in [0.3, 0.4) is 0 Å². The highest BCUT2D eigenvalue weighted by Gasteiger charge is 2.36. The zero-order valence-corrected chi connectivity index (χ0v) is 19.2. The molecule has 0 aromatic heterocycles. The van der Waals surface area contributed by atoms with Crippen LogP contribution in [0.2, 0.25) is 0 Å². The highest BCUT2D eigenvalue weighted by atomic mass is 32.2. The van der Waals surface area contributed by atoms with Crippen molar-refractivity contribution in [2.75, 3.05) is 10.6 Å². The molecule has 2 aromatic rings. The van der Waals surface area contributed by atoms with Crippen LogP contribution in [0.25, 0.3) is 0 Å². The van der Waals surface area contributed by atoms with Crippen LogP contribution in [0.4, 0.5) is 5.69 Å². The minimum Gasteiger partial charge on any atom is -0.487 e. The highest BCUT2D eigenvalue weighted by Crippen LogP contribution is 2.39. The van der Waals surface area contributed by atoms with Gasteiger partial charge in [0.1, 0.15) is 17.4 Å². The summed E-state index contributed by atoms with van der Waals surface area (Å²) in [6.45, 7) is 9.45. The lowest BCUT2D eigenvalue weighted by Gasteiger charge is -2.38. The van der Waals surface area contributed by atoms with Gasteiger partial charge in [-0.05, 0) is 63.9 Å². The molecule has 0 saturated heterocycles. The lowest BCUT2D eigenvalue weighted by Crippen LogP contribution is -2.50. The van der Waals surface area contributed by atoms with Crippen molar-refractivity contribution in [2.45, 2.75) is 58.7 Å². The van der Waals surface area contributed by atoms with Crippen molar-refractivity contribution >= 4 is 21.6 Å². The molecule has 7 heteroatoms. The molecule has 1 aliphatic rings. The number of carbonyl (C=O) groups excluding carboxylic acids is 1. The van der Waals surface area contributed by atoms with Crippen molar-refractivity contribution in [3.05, 3.63) is 59.2 Å². The molecule has 6 nitrogen and oxygen atoms in total. The van der Waals surface area contributed by atoms with E-state index in [0.29, 0.717) is 12.1 Å². The second kappa shape index (κ2) is 7.95. The van der Waals surface area contributed by atoms with E-state index in [9.17, 15) is 13.2 Å². The van der Waals surface area contributed by atoms with E-state index in [1.54, 1.807) is 19.1 Å². The fourth-order valence-electron chi connectivity index (χ4n) is 3.89. The number of para-hydroxylation sites is 1. The van der Waals surface area contributed by atoms with Gasteiger partial charge in [0.25, 0.3) is 0 Å². The predicted octanol–water partition coefficient (Wildman–Crippen LogP) is 3.88. The number of carbonyl (C=O) groups is 1. The molecule has 3 rings (SSSR count). The molecule has 1 heterocycles. The monoisotopic (exact) mass is 430 g/mol. The predicted molar refractivity (Wildman–Crippen MR) is 119 cm³/mol. The number of nitrogens with zero attached hydrogens (tertiary/aromatic N) is 1. The summed E-state index contributed by atoms with van der Waals surface area (Å²) in [4.78, 5) is 13.2. The number of hydrogen-bond donors (Lipinski definition) is 1. The molecule has 0 bridgehead atoms. The summed E-state index contributed by atoms with van der Waals surface area (Å²) < 4.78 is 32.4. The SMILES string of the molecule is Cc1ccc(N([C@H](C)C(=O)N[C@@H]2CC(C)(C)Oc3ccccc32)S(C)(=O)=O)cc1C. The zero-order valence-electron chi connectivity index (χ0n) is 18.4. The van der Waals surface area contributed by atoms with Gasteiger partial charge in [-0.2, -0.15) is 0 Å². The molecule has 1 aliphatic heterocycles. The third-order valence-electron chi connectivity index (χ3n) is 5.53. The van der Waals surface area contributed by atoms with Crippen molar-refractivity contribution < 1.29 is 17.9 Å². The Labute approximate surface area is 179 Å². The summed E-state index contributed by atoms with van der Waals surface area (Å²) in [5.41, 5.74) is 2.96. The molecule has 2 atom stereocenters. The van der Waals surface area contributed by atoms with Crippen molar-refractivity contribution in [3.8, 4) is 5.75 Å². The molecule has 0 aliphatic carbocycles. The van der Waals surface area contributed by atoms with Gasteiger partial charge in [0.05, 0.1) is 18.0 Å². The molecule has 1 N–H and O–H groups in total. The summed E-state index contributed by atoms with van der Waals surface area (Å²) in [5, 5.41) is 3.05. The standard InChI is InChI=1S/C23H30N2O4S/c1-15-11-12-18(13-16(15)2)25(30(6,27)28)17(3)22(26)24-20-14-23(4,5)29-21-10-8-7-9-19(20)21/h7-13,17,20H,14H2,1-6H3,(H,24,26)/t17-,20-/m1/s1. The Morgan fingerprint density at radius 3 is 2.47 bits per heavy atom. The van der Waals surface area contributed by atoms with Crippen LogP contribution >= 0.6 is 0 Å². The Kier molecular flexibility index (Phi) is 5.87. The fourth-order valence-corrected chi connectivity index (χ4v) is 5.06. The number of sulfonamides is 1. The third-order valence-corrected chi connectivity index (χ3v) is 6.77. The first-order valence-corrected chi connectivity index (χ1v) is 11.9. The van der Waals surface area contributed by atoms with Gasteiger partial charge in [-0.1, -0.05) is 24.3 Å². The largest absolute Gasteiger partial charge is 0.487 e. The topological polar surface area (TPSA) is 75.7 Å². The maximum absolute atomic E-state index is 13.2. The average Bonchev–Trinajstić information content (AvgIpc) is 2.62. The van der Waals surface area contributed by atoms with Crippen LogP contribution in [0, 0.1) is 13.8 Å². The van der Waals surface area contributed by atoms with Gasteiger partial charge in [0.2, 0.25) is 15.9 Å². The molecular weight excluding hydrogens is 400 g/mol. The lowest BCUT2D eigenvalue weighted by atomic mass is 9.89. The van der Waals surface area contributed by atoms with Gasteiger partial charge in [0, 0.05) is 12.0 Å². The molecule has 0 spiro atoms. The van der Waals surface area contributed by atoms with E-state index in [1.165, 1.54) is 4.31 Å². The number of ether oxygens (including phenoxy) is 1. The minimum atomic E-state index is -3.67. The van der Waals surface area contributed by atoms with E-state index in [-0.39, 0.29) is 11.9 Å². The van der Waals surface area contributed by atoms with Crippen LogP contribution in [0.1, 0.15) is 49.9 Å². The van der Waals surface area contributed by atoms with E-state index in [1.807, 2.05) is 58.0 Å². The van der Waals surface area contributed by atoms with E-state index in [4.69, 9.17) is 4.74 Å². The maximum Gasteiger partial charge on any atom is 0.244 e. The van der Waals surface area contributed by atoms with Gasteiger partial charge in [-0.15, -0.1) is 0 Å². The number of nitrogens with one attached hydrogen (secondary N) is 1. The molecular formula is C23H30N2O4S. The van der Waals surface area contributed by atoms with Crippen LogP contribution < -0.4 is 14.4 Å². The van der Waals surface area contributed by atoms with Crippen LogP contribution in [0.5, 0.6) is 5.75 Å². The molecule has 2 aromatic carbocycles. The Morgan fingerprint density at radius 2 is 1.83 bits per heavy atom. The molecule has 0 radical (unpaired) electrons. The van der Waals surface area contributed by atoms with Gasteiger partial charge in [0.15, 0.2) is 0 Å². The van der Waals surface area contributed by atoms with Crippen LogP contribution in [-0.4, -0.2) is 32.2 Å². The number of aryl methyl sites for hydroxylation is 2. The Morgan fingerprint density at radius 1 is 1.17 bits per heavy atom. The summed E-state index contributed by atoms with van der Waals surface area (Å²) in [7, 11) is -3.67. The molecule has 0 fully saturated rings. The molecule has 0 unspecified atom stereocenters. The minimum absolute atomic E-state index is 0.263. The van der Waals surface area contributed by atoms with Crippen LogP contribution in [0.15, 0.2) is 42.5 Å². The van der Waals surface area contributed by atoms with Gasteiger partial charge >= 0.3 is 0 Å². The van der Waals surface area contributed by atoms with Crippen molar-refractivity contribution in [1.82, 2.24) is 5.32 Å². The Balaban J connectivity index is 1.90. The Hall–Kier alpha value is -2.54. The Bertz CT molecular complexity index is 1060. The first-order valence-electron chi connectivity index (χ1n) is 10.0. The van der Waals surface area contributed by atoms with Gasteiger partial charge in [-0.3, -0.25) is 9.10 Å². The van der Waals surface area contributed by atoms with E-state index < -0.39 is 21.7 Å². The second-order valence-corrected chi connectivity index (χ2v) is 10.5. The average molecular weight is 431 g/mol. The summed E-state index contributed by atoms with van der Waals surface area (Å²) in [6, 6.07) is 11.8. The van der Waals surface area contributed by atoms with E-state index in [0.717, 1.165) is 28.7 Å². The first-order chi connectivity index (χ1) is 13.9. The van der Waals surface area contributed by atoms with E-state index >= 15 is 0 Å². The molecule has 162 valence electrons. The van der Waals surface area contributed by atoms with Crippen molar-refractivity contribution in [2.24, 2.45) is 0 Å². The molecule has 0 saturated carbocycles. The van der Waals surface area contributed by atoms with Gasteiger partial charge < -0.3 is 10.1 Å². The highest BCUT2D eigenvalue weighted by molar-refractivity contribution is 7.92. The van der Waals surface area contributed by atoms with Gasteiger partial charge in [-0.25, -0.2) is 8.42 Å². The molecule has 1 amide bonds. The lowest BCUT2D eigenvalue weighted by molar-refractivity contribution is -0.123. The summed E-state index contributed by atoms with van der Waals surface area (Å²) in [5.74, 6) is 0.386. The van der Waals surface area contributed by atoms with E-state index in [2.05, 4.69) is 5.32 Å². The molecule has 30 heavy (non-hydrogen) atoms. The van der Waals surface area contributed by atoms with Crippen molar-refractivity contribution in [1.29, 1.82) is 0 Å². The maximum atomic E-state index is 13.2. The van der Waals surface area contributed by atoms with Crippen molar-refractivity contribution in [3.63, 3.8) is 0 Å². The quantitative estimate of drug-likeness (QED) is 0.781. The van der Waals surface area contributed by atoms with Crippen LogP contribution in [-0.2, 0) is 14.8 Å². The summed E-state index contributed by atoms with van der Waals surface area (Å²) in [6.07, 6.45) is 1.71. The first kappa shape index (κ1) is 22.2. The fraction of sp³-hybridized carbons (Fsp3) is 0.435. The normalized spacial score (nSPS) is 18.7. The summed E-state index contributed by atoms with van der Waals surface area (Å²) >= 11 is 0. The second-order valence-electron chi connectivity index (χ2n) is 8.67. The number of hydrogen-bond acceptors (Lipinski definition) is 4. The number of anilines is 1. The number of amides is 1. The zero-order chi connectivity index (χ0) is 22.3. The third kappa shape index (κ3) is 4.61. The number of rotatable bonds is 5. The smallest absolute Gasteiger partial charge is 0.244 e. The number of fused-ring (bicyclic) bond motifs is 1. The number of benzene rings is 2.